The fraction of sp³-hybridized carbons (Fsp3) is 0.846. The number of thioether (sulfide) groups is 1. The van der Waals surface area contributed by atoms with E-state index in [9.17, 15) is 9.59 Å². The van der Waals surface area contributed by atoms with Gasteiger partial charge >= 0.3 is 12.0 Å². The van der Waals surface area contributed by atoms with Crippen LogP contribution in [0.3, 0.4) is 0 Å². The number of likely N-dealkylation sites (tertiary alicyclic amines) is 1. The minimum Gasteiger partial charge on any atom is -0.481 e. The Hall–Kier alpha value is -0.950. The molecule has 1 N–H and O–H groups in total. The van der Waals surface area contributed by atoms with Crippen LogP contribution in [0.2, 0.25) is 0 Å². The van der Waals surface area contributed by atoms with Gasteiger partial charge in [-0.1, -0.05) is 0 Å². The second-order valence-corrected chi connectivity index (χ2v) is 5.88. The molecule has 0 atom stereocenters. The lowest BCUT2D eigenvalue weighted by Crippen LogP contribution is -2.47. The molecule has 1 rings (SSSR count). The van der Waals surface area contributed by atoms with E-state index >= 15 is 0 Å². The molecule has 116 valence electrons. The van der Waals surface area contributed by atoms with Crippen molar-refractivity contribution < 1.29 is 19.4 Å². The van der Waals surface area contributed by atoms with Gasteiger partial charge in [-0.05, 0) is 19.1 Å². The van der Waals surface area contributed by atoms with Crippen molar-refractivity contribution >= 4 is 23.8 Å². The molecule has 0 unspecified atom stereocenters. The smallest absolute Gasteiger partial charge is 0.319 e. The number of amides is 2. The summed E-state index contributed by atoms with van der Waals surface area (Å²) in [7, 11) is 1.83. The van der Waals surface area contributed by atoms with E-state index in [0.717, 1.165) is 25.1 Å². The number of aliphatic carboxylic acids is 1. The van der Waals surface area contributed by atoms with Gasteiger partial charge in [-0.3, -0.25) is 4.79 Å². The highest BCUT2D eigenvalue weighted by Crippen LogP contribution is 2.15. The molecule has 0 radical (unpaired) electrons. The number of ether oxygens (including phenoxy) is 1. The van der Waals surface area contributed by atoms with Crippen molar-refractivity contribution in [1.29, 1.82) is 0 Å². The normalized spacial score (nSPS) is 16.2. The van der Waals surface area contributed by atoms with Gasteiger partial charge in [0.25, 0.3) is 0 Å². The van der Waals surface area contributed by atoms with Gasteiger partial charge in [0.2, 0.25) is 0 Å². The first-order valence-electron chi connectivity index (χ1n) is 6.87. The molecule has 0 saturated carbocycles. The molecule has 1 saturated heterocycles. The predicted octanol–water partition coefficient (Wildman–Crippen LogP) is 1.36. The zero-order chi connectivity index (χ0) is 15.0. The summed E-state index contributed by atoms with van der Waals surface area (Å²) in [6, 6.07) is 0.0723. The third-order valence-electron chi connectivity index (χ3n) is 3.34. The van der Waals surface area contributed by atoms with E-state index in [2.05, 4.69) is 0 Å². The van der Waals surface area contributed by atoms with Crippen LogP contribution in [0.15, 0.2) is 0 Å². The second-order valence-electron chi connectivity index (χ2n) is 4.90. The molecule has 1 aliphatic rings. The number of carbonyl (C=O) groups excluding carboxylic acids is 1. The number of hydrogen-bond donors (Lipinski definition) is 1. The molecule has 0 aromatic rings. The number of rotatable bonds is 7. The average molecular weight is 304 g/mol. The van der Waals surface area contributed by atoms with Gasteiger partial charge in [-0.2, -0.15) is 11.8 Å². The fourth-order valence-corrected chi connectivity index (χ4v) is 2.55. The molecular formula is C13H24N2O4S. The lowest BCUT2D eigenvalue weighted by atomic mass is 10.1. The highest BCUT2D eigenvalue weighted by atomic mass is 32.2. The molecule has 2 amide bonds. The van der Waals surface area contributed by atoms with Crippen molar-refractivity contribution in [1.82, 2.24) is 9.80 Å². The molecule has 0 spiro atoms. The van der Waals surface area contributed by atoms with E-state index in [4.69, 9.17) is 9.84 Å². The summed E-state index contributed by atoms with van der Waals surface area (Å²) in [5, 5.41) is 8.55. The number of hydrogen-bond acceptors (Lipinski definition) is 4. The van der Waals surface area contributed by atoms with Gasteiger partial charge in [0.05, 0.1) is 19.1 Å². The molecule has 7 heteroatoms. The van der Waals surface area contributed by atoms with Crippen molar-refractivity contribution in [3.63, 3.8) is 0 Å². The number of piperidine rings is 1. The van der Waals surface area contributed by atoms with E-state index in [1.165, 1.54) is 0 Å². The summed E-state index contributed by atoms with van der Waals surface area (Å²) < 4.78 is 5.51. The van der Waals surface area contributed by atoms with Gasteiger partial charge < -0.3 is 19.6 Å². The minimum absolute atomic E-state index is 0.0383. The second kappa shape index (κ2) is 9.07. The third-order valence-corrected chi connectivity index (χ3v) is 3.93. The SMILES string of the molecule is CSCCN(C)C(=O)N1CCC(OCCC(=O)O)CC1. The van der Waals surface area contributed by atoms with E-state index < -0.39 is 5.97 Å². The van der Waals surface area contributed by atoms with Crippen LogP contribution >= 0.6 is 11.8 Å². The molecular weight excluding hydrogens is 280 g/mol. The van der Waals surface area contributed by atoms with Crippen molar-refractivity contribution in [2.45, 2.75) is 25.4 Å². The first-order valence-corrected chi connectivity index (χ1v) is 8.26. The number of carbonyl (C=O) groups is 2. The zero-order valence-electron chi connectivity index (χ0n) is 12.2. The summed E-state index contributed by atoms with van der Waals surface area (Å²) in [6.07, 6.45) is 3.70. The maximum absolute atomic E-state index is 12.1. The standard InChI is InChI=1S/C13H24N2O4S/c1-14(8-10-20-2)13(18)15-6-3-11(4-7-15)19-9-5-12(16)17/h11H,3-10H2,1-2H3,(H,16,17). The molecule has 0 bridgehead atoms. The Balaban J connectivity index is 2.23. The Labute approximate surface area is 124 Å². The quantitative estimate of drug-likeness (QED) is 0.769. The fourth-order valence-electron chi connectivity index (χ4n) is 2.09. The van der Waals surface area contributed by atoms with Crippen LogP contribution in [0, 0.1) is 0 Å². The van der Waals surface area contributed by atoms with Crippen LogP contribution in [-0.2, 0) is 9.53 Å². The van der Waals surface area contributed by atoms with E-state index in [1.54, 1.807) is 16.7 Å². The minimum atomic E-state index is -0.840. The van der Waals surface area contributed by atoms with Gasteiger partial charge in [-0.25, -0.2) is 4.79 Å². The number of nitrogens with zero attached hydrogens (tertiary/aromatic N) is 2. The third kappa shape index (κ3) is 6.00. The lowest BCUT2D eigenvalue weighted by molar-refractivity contribution is -0.138. The van der Waals surface area contributed by atoms with Gasteiger partial charge in [0, 0.05) is 32.4 Å². The van der Waals surface area contributed by atoms with Gasteiger partial charge in [-0.15, -0.1) is 0 Å². The molecule has 1 aliphatic heterocycles. The first-order chi connectivity index (χ1) is 9.54. The molecule has 0 aromatic carbocycles. The molecule has 0 aromatic heterocycles. The molecule has 1 heterocycles. The molecule has 20 heavy (non-hydrogen) atoms. The predicted molar refractivity (Wildman–Crippen MR) is 79.2 cm³/mol. The van der Waals surface area contributed by atoms with Crippen molar-refractivity contribution in [3.8, 4) is 0 Å². The summed E-state index contributed by atoms with van der Waals surface area (Å²) in [6.45, 7) is 2.37. The Kier molecular flexibility index (Phi) is 7.76. The van der Waals surface area contributed by atoms with Gasteiger partial charge in [0.15, 0.2) is 0 Å². The number of urea groups is 1. The topological polar surface area (TPSA) is 70.1 Å². The average Bonchev–Trinajstić information content (AvgIpc) is 2.44. The maximum Gasteiger partial charge on any atom is 0.319 e. The van der Waals surface area contributed by atoms with Crippen LogP contribution in [0.1, 0.15) is 19.3 Å². The molecule has 1 fully saturated rings. The van der Waals surface area contributed by atoms with E-state index in [0.29, 0.717) is 13.1 Å². The Morgan fingerprint density at radius 2 is 2.05 bits per heavy atom. The largest absolute Gasteiger partial charge is 0.481 e. The van der Waals surface area contributed by atoms with Crippen LogP contribution in [-0.4, -0.2) is 78.3 Å². The molecule has 6 nitrogen and oxygen atoms in total. The first kappa shape index (κ1) is 17.1. The van der Waals surface area contributed by atoms with Crippen molar-refractivity contribution in [2.75, 3.05) is 45.3 Å². The summed E-state index contributed by atoms with van der Waals surface area (Å²) in [4.78, 5) is 26.1. The molecule has 0 aliphatic carbocycles. The summed E-state index contributed by atoms with van der Waals surface area (Å²) in [5.74, 6) is 0.102. The highest BCUT2D eigenvalue weighted by molar-refractivity contribution is 7.98. The van der Waals surface area contributed by atoms with Gasteiger partial charge in [0.1, 0.15) is 0 Å². The van der Waals surface area contributed by atoms with Crippen LogP contribution in [0.5, 0.6) is 0 Å². The van der Waals surface area contributed by atoms with Crippen LogP contribution in [0.25, 0.3) is 0 Å². The van der Waals surface area contributed by atoms with Crippen molar-refractivity contribution in [3.05, 3.63) is 0 Å². The maximum atomic E-state index is 12.1. The monoisotopic (exact) mass is 304 g/mol. The highest BCUT2D eigenvalue weighted by Gasteiger charge is 2.25. The zero-order valence-corrected chi connectivity index (χ0v) is 13.0. The summed E-state index contributed by atoms with van der Waals surface area (Å²) in [5.41, 5.74) is 0. The van der Waals surface area contributed by atoms with Crippen LogP contribution < -0.4 is 0 Å². The Morgan fingerprint density at radius 3 is 2.60 bits per heavy atom. The van der Waals surface area contributed by atoms with Crippen molar-refractivity contribution in [2.24, 2.45) is 0 Å². The number of carboxylic acid groups (broad SMARTS) is 1. The Morgan fingerprint density at radius 1 is 1.40 bits per heavy atom. The summed E-state index contributed by atoms with van der Waals surface area (Å²) >= 11 is 1.73. The van der Waals surface area contributed by atoms with E-state index in [1.807, 2.05) is 18.2 Å². The Bertz CT molecular complexity index is 319. The lowest BCUT2D eigenvalue weighted by Gasteiger charge is -2.34. The number of carboxylic acids is 1. The van der Waals surface area contributed by atoms with E-state index in [-0.39, 0.29) is 25.2 Å². The van der Waals surface area contributed by atoms with Crippen LogP contribution in [0.4, 0.5) is 4.79 Å².